The summed E-state index contributed by atoms with van der Waals surface area (Å²) in [7, 11) is 5.71. The van der Waals surface area contributed by atoms with Gasteiger partial charge in [0.25, 0.3) is 5.91 Å². The van der Waals surface area contributed by atoms with Crippen LogP contribution in [0.4, 0.5) is 5.69 Å². The Morgan fingerprint density at radius 2 is 1.67 bits per heavy atom. The summed E-state index contributed by atoms with van der Waals surface area (Å²) in [6.45, 7) is 1.73. The second-order valence-electron chi connectivity index (χ2n) is 7.56. The largest absolute Gasteiger partial charge is 0.497 e. The van der Waals surface area contributed by atoms with Gasteiger partial charge in [0.2, 0.25) is 0 Å². The molecular weight excluding hydrogens is 336 g/mol. The smallest absolute Gasteiger partial charge is 0.253 e. The highest BCUT2D eigenvalue weighted by molar-refractivity contribution is 5.94. The van der Waals surface area contributed by atoms with E-state index in [1.165, 1.54) is 12.0 Å². The van der Waals surface area contributed by atoms with Gasteiger partial charge in [-0.2, -0.15) is 0 Å². The van der Waals surface area contributed by atoms with E-state index in [4.69, 9.17) is 4.74 Å². The quantitative estimate of drug-likeness (QED) is 0.766. The highest BCUT2D eigenvalue weighted by Gasteiger charge is 2.23. The maximum Gasteiger partial charge on any atom is 0.253 e. The lowest BCUT2D eigenvalue weighted by atomic mass is 9.90. The summed E-state index contributed by atoms with van der Waals surface area (Å²) in [5.74, 6) is 1.77. The Balaban J connectivity index is 1.47. The zero-order chi connectivity index (χ0) is 19.2. The van der Waals surface area contributed by atoms with Crippen molar-refractivity contribution in [2.24, 2.45) is 5.92 Å². The number of carbonyl (C=O) groups excluding carboxylic acids is 1. The molecule has 1 saturated heterocycles. The molecule has 2 aromatic carbocycles. The number of methoxy groups -OCH3 is 1. The average Bonchev–Trinajstić information content (AvgIpc) is 2.72. The van der Waals surface area contributed by atoms with Crippen molar-refractivity contribution in [3.63, 3.8) is 0 Å². The van der Waals surface area contributed by atoms with Crippen molar-refractivity contribution in [2.45, 2.75) is 25.7 Å². The Labute approximate surface area is 162 Å². The number of likely N-dealkylation sites (tertiary alicyclic amines) is 1. The molecule has 1 heterocycles. The van der Waals surface area contributed by atoms with Gasteiger partial charge in [0.15, 0.2) is 0 Å². The summed E-state index contributed by atoms with van der Waals surface area (Å²) < 4.78 is 5.21. The lowest BCUT2D eigenvalue weighted by Gasteiger charge is -2.32. The number of nitrogens with zero attached hydrogens (tertiary/aromatic N) is 2. The lowest BCUT2D eigenvalue weighted by molar-refractivity contribution is 0.0687. The van der Waals surface area contributed by atoms with E-state index in [1.54, 1.807) is 7.11 Å². The molecule has 0 bridgehead atoms. The first-order valence-corrected chi connectivity index (χ1v) is 9.76. The third-order valence-electron chi connectivity index (χ3n) is 5.53. The molecule has 1 fully saturated rings. The van der Waals surface area contributed by atoms with Crippen LogP contribution in [-0.4, -0.2) is 45.1 Å². The fourth-order valence-corrected chi connectivity index (χ4v) is 3.67. The number of piperidine rings is 1. The van der Waals surface area contributed by atoms with E-state index >= 15 is 0 Å². The Kier molecular flexibility index (Phi) is 6.38. The average molecular weight is 367 g/mol. The van der Waals surface area contributed by atoms with Crippen molar-refractivity contribution in [3.05, 3.63) is 59.7 Å². The van der Waals surface area contributed by atoms with Gasteiger partial charge in [-0.1, -0.05) is 12.1 Å². The van der Waals surface area contributed by atoms with Crippen LogP contribution in [0.5, 0.6) is 5.75 Å². The molecule has 0 N–H and O–H groups in total. The molecule has 4 heteroatoms. The van der Waals surface area contributed by atoms with E-state index in [0.717, 1.165) is 49.4 Å². The molecule has 2 aromatic rings. The maximum atomic E-state index is 12.7. The Morgan fingerprint density at radius 3 is 2.22 bits per heavy atom. The monoisotopic (exact) mass is 366 g/mol. The molecule has 0 spiro atoms. The number of anilines is 1. The SMILES string of the molecule is COc1ccc(CCC2CCN(C(=O)c3ccc(N(C)C)cc3)CC2)cc1. The number of hydrogen-bond acceptors (Lipinski definition) is 3. The van der Waals surface area contributed by atoms with E-state index < -0.39 is 0 Å². The Hall–Kier alpha value is -2.49. The van der Waals surface area contributed by atoms with Crippen LogP contribution in [0.1, 0.15) is 35.2 Å². The van der Waals surface area contributed by atoms with Crippen LogP contribution < -0.4 is 9.64 Å². The van der Waals surface area contributed by atoms with Gasteiger partial charge in [0, 0.05) is 38.4 Å². The molecular formula is C23H30N2O2. The van der Waals surface area contributed by atoms with Crippen LogP contribution in [0.15, 0.2) is 48.5 Å². The molecule has 1 aliphatic rings. The van der Waals surface area contributed by atoms with E-state index in [1.807, 2.05) is 60.3 Å². The van der Waals surface area contributed by atoms with E-state index in [9.17, 15) is 4.79 Å². The maximum absolute atomic E-state index is 12.7. The lowest BCUT2D eigenvalue weighted by Crippen LogP contribution is -2.38. The van der Waals surface area contributed by atoms with Crippen LogP contribution in [0, 0.1) is 5.92 Å². The Morgan fingerprint density at radius 1 is 1.04 bits per heavy atom. The molecule has 0 aromatic heterocycles. The van der Waals surface area contributed by atoms with Gasteiger partial charge in [-0.15, -0.1) is 0 Å². The van der Waals surface area contributed by atoms with Gasteiger partial charge in [0.1, 0.15) is 5.75 Å². The molecule has 144 valence electrons. The fourth-order valence-electron chi connectivity index (χ4n) is 3.67. The molecule has 4 nitrogen and oxygen atoms in total. The summed E-state index contributed by atoms with van der Waals surface area (Å²) in [5.41, 5.74) is 3.26. The minimum atomic E-state index is 0.161. The number of hydrogen-bond donors (Lipinski definition) is 0. The van der Waals surface area contributed by atoms with Crippen molar-refractivity contribution in [1.29, 1.82) is 0 Å². The zero-order valence-electron chi connectivity index (χ0n) is 16.6. The molecule has 0 saturated carbocycles. The first-order chi connectivity index (χ1) is 13.1. The van der Waals surface area contributed by atoms with Crippen molar-refractivity contribution in [2.75, 3.05) is 39.2 Å². The molecule has 3 rings (SSSR count). The number of ether oxygens (including phenoxy) is 1. The minimum absolute atomic E-state index is 0.161. The van der Waals surface area contributed by atoms with Crippen LogP contribution in [-0.2, 0) is 6.42 Å². The summed E-state index contributed by atoms with van der Waals surface area (Å²) in [6, 6.07) is 16.2. The second kappa shape index (κ2) is 8.94. The van der Waals surface area contributed by atoms with Crippen molar-refractivity contribution in [1.82, 2.24) is 4.90 Å². The third-order valence-corrected chi connectivity index (χ3v) is 5.53. The van der Waals surface area contributed by atoms with Crippen molar-refractivity contribution >= 4 is 11.6 Å². The van der Waals surface area contributed by atoms with Gasteiger partial charge in [-0.25, -0.2) is 0 Å². The number of carbonyl (C=O) groups is 1. The van der Waals surface area contributed by atoms with Crippen LogP contribution >= 0.6 is 0 Å². The van der Waals surface area contributed by atoms with E-state index in [2.05, 4.69) is 12.1 Å². The number of aryl methyl sites for hydroxylation is 1. The topological polar surface area (TPSA) is 32.8 Å². The van der Waals surface area contributed by atoms with Gasteiger partial charge in [-0.3, -0.25) is 4.79 Å². The highest BCUT2D eigenvalue weighted by Crippen LogP contribution is 2.24. The second-order valence-corrected chi connectivity index (χ2v) is 7.56. The standard InChI is InChI=1S/C23H30N2O2/c1-24(2)21-10-8-20(9-11-21)23(26)25-16-14-19(15-17-25)5-4-18-6-12-22(27-3)13-7-18/h6-13,19H,4-5,14-17H2,1-3H3. The number of amides is 1. The minimum Gasteiger partial charge on any atom is -0.497 e. The van der Waals surface area contributed by atoms with Crippen LogP contribution in [0.3, 0.4) is 0 Å². The summed E-state index contributed by atoms with van der Waals surface area (Å²) in [4.78, 5) is 16.8. The number of rotatable bonds is 6. The predicted molar refractivity (Wildman–Crippen MR) is 111 cm³/mol. The molecule has 0 atom stereocenters. The normalized spacial score (nSPS) is 14.9. The predicted octanol–water partition coefficient (Wildman–Crippen LogP) is 4.25. The summed E-state index contributed by atoms with van der Waals surface area (Å²) >= 11 is 0. The summed E-state index contributed by atoms with van der Waals surface area (Å²) in [5, 5.41) is 0. The molecule has 1 aliphatic heterocycles. The Bertz CT molecular complexity index is 730. The summed E-state index contributed by atoms with van der Waals surface area (Å²) in [6.07, 6.45) is 4.47. The molecule has 0 radical (unpaired) electrons. The molecule has 0 unspecified atom stereocenters. The van der Waals surface area contributed by atoms with Crippen molar-refractivity contribution < 1.29 is 9.53 Å². The zero-order valence-corrected chi connectivity index (χ0v) is 16.6. The van der Waals surface area contributed by atoms with E-state index in [-0.39, 0.29) is 5.91 Å². The van der Waals surface area contributed by atoms with Crippen molar-refractivity contribution in [3.8, 4) is 5.75 Å². The highest BCUT2D eigenvalue weighted by atomic mass is 16.5. The van der Waals surface area contributed by atoms with Crippen LogP contribution in [0.2, 0.25) is 0 Å². The van der Waals surface area contributed by atoms with Gasteiger partial charge in [-0.05, 0) is 73.6 Å². The first kappa shape index (κ1) is 19.3. The third kappa shape index (κ3) is 5.03. The van der Waals surface area contributed by atoms with Gasteiger partial charge >= 0.3 is 0 Å². The van der Waals surface area contributed by atoms with Gasteiger partial charge in [0.05, 0.1) is 7.11 Å². The number of benzene rings is 2. The first-order valence-electron chi connectivity index (χ1n) is 9.76. The van der Waals surface area contributed by atoms with E-state index in [0.29, 0.717) is 5.92 Å². The molecule has 1 amide bonds. The fraction of sp³-hybridized carbons (Fsp3) is 0.435. The molecule has 27 heavy (non-hydrogen) atoms. The van der Waals surface area contributed by atoms with Crippen LogP contribution in [0.25, 0.3) is 0 Å². The molecule has 0 aliphatic carbocycles. The van der Waals surface area contributed by atoms with Gasteiger partial charge < -0.3 is 14.5 Å².